The van der Waals surface area contributed by atoms with Gasteiger partial charge < -0.3 is 4.74 Å². The summed E-state index contributed by atoms with van der Waals surface area (Å²) in [6.45, 7) is 0. The number of carbonyl (C=O) groups is 1. The highest BCUT2D eigenvalue weighted by Crippen LogP contribution is 2.35. The number of carbonyl (C=O) groups excluding carboxylic acids is 1. The van der Waals surface area contributed by atoms with Crippen molar-refractivity contribution < 1.29 is 19.4 Å². The number of anilines is 1. The number of hydrogen-bond donors (Lipinski definition) is 2. The first kappa shape index (κ1) is 21.0. The van der Waals surface area contributed by atoms with Crippen LogP contribution in [-0.2, 0) is 0 Å². The van der Waals surface area contributed by atoms with Crippen molar-refractivity contribution in [2.75, 3.05) is 5.43 Å². The maximum absolute atomic E-state index is 12.4. The van der Waals surface area contributed by atoms with Crippen LogP contribution >= 0.6 is 0 Å². The molecule has 13 heteroatoms. The van der Waals surface area contributed by atoms with Crippen molar-refractivity contribution in [2.45, 2.75) is 0 Å². The average Bonchev–Trinajstić information content (AvgIpc) is 2.82. The fraction of sp³-hybridized carbons (Fsp3) is 0. The van der Waals surface area contributed by atoms with E-state index < -0.39 is 33.0 Å². The minimum atomic E-state index is -0.893. The molecule has 0 unspecified atom stereocenters. The van der Waals surface area contributed by atoms with Gasteiger partial charge in [0.2, 0.25) is 5.82 Å². The van der Waals surface area contributed by atoms with E-state index in [1.165, 1.54) is 18.2 Å². The van der Waals surface area contributed by atoms with E-state index in [4.69, 9.17) is 4.74 Å². The van der Waals surface area contributed by atoms with Gasteiger partial charge in [-0.25, -0.2) is 4.98 Å². The normalized spacial score (nSPS) is 10.4. The Balaban J connectivity index is 1.63. The van der Waals surface area contributed by atoms with Crippen molar-refractivity contribution in [2.24, 2.45) is 0 Å². The lowest BCUT2D eigenvalue weighted by atomic mass is 10.2. The molecule has 2 aromatic heterocycles. The second-order valence-electron chi connectivity index (χ2n) is 6.42. The number of fused-ring (bicyclic) bond motifs is 1. The summed E-state index contributed by atoms with van der Waals surface area (Å²) in [5.74, 6) is -1.44. The molecule has 0 spiro atoms. The number of ether oxygens (including phenoxy) is 1. The minimum Gasteiger partial charge on any atom is -0.431 e. The summed E-state index contributed by atoms with van der Waals surface area (Å²) in [4.78, 5) is 45.6. The van der Waals surface area contributed by atoms with E-state index in [0.717, 1.165) is 17.8 Å². The monoisotopic (exact) mass is 447 g/mol. The standard InChI is InChI=1S/C20H13N7O6/c28-19(13-7-1-2-8-14(13)26(29)30)25-24-18-17(27(31)32)20(23-11-22-18)33-15-9-3-5-12-6-4-10-21-16(12)15/h1-11H,(H,25,28)(H,22,23,24). The van der Waals surface area contributed by atoms with E-state index >= 15 is 0 Å². The molecule has 0 aliphatic carbocycles. The highest BCUT2D eigenvalue weighted by molar-refractivity contribution is 5.98. The van der Waals surface area contributed by atoms with Crippen molar-refractivity contribution in [3.8, 4) is 11.6 Å². The predicted molar refractivity (Wildman–Crippen MR) is 115 cm³/mol. The molecule has 33 heavy (non-hydrogen) atoms. The number of para-hydroxylation sites is 2. The number of nitrogens with one attached hydrogen (secondary N) is 2. The lowest BCUT2D eigenvalue weighted by molar-refractivity contribution is -0.385. The van der Waals surface area contributed by atoms with Crippen molar-refractivity contribution in [3.05, 3.63) is 92.9 Å². The van der Waals surface area contributed by atoms with Crippen LogP contribution in [0.25, 0.3) is 10.9 Å². The van der Waals surface area contributed by atoms with Crippen LogP contribution in [0.4, 0.5) is 17.2 Å². The van der Waals surface area contributed by atoms with Gasteiger partial charge in [-0.15, -0.1) is 0 Å². The number of nitro benzene ring substituents is 1. The first-order valence-electron chi connectivity index (χ1n) is 9.26. The Morgan fingerprint density at radius 2 is 1.70 bits per heavy atom. The fourth-order valence-corrected chi connectivity index (χ4v) is 2.96. The number of hydrazine groups is 1. The van der Waals surface area contributed by atoms with Crippen LogP contribution in [-0.4, -0.2) is 30.7 Å². The summed E-state index contributed by atoms with van der Waals surface area (Å²) in [7, 11) is 0. The van der Waals surface area contributed by atoms with Gasteiger partial charge in [0.05, 0.1) is 9.85 Å². The maximum atomic E-state index is 12.4. The third-order valence-electron chi connectivity index (χ3n) is 4.41. The molecule has 2 heterocycles. The number of nitrogens with zero attached hydrogens (tertiary/aromatic N) is 5. The van der Waals surface area contributed by atoms with Gasteiger partial charge in [0, 0.05) is 17.6 Å². The van der Waals surface area contributed by atoms with Gasteiger partial charge in [0.25, 0.3) is 11.6 Å². The Bertz CT molecular complexity index is 1390. The number of hydrogen-bond acceptors (Lipinski definition) is 10. The molecule has 0 saturated heterocycles. The van der Waals surface area contributed by atoms with Gasteiger partial charge >= 0.3 is 11.6 Å². The Morgan fingerprint density at radius 1 is 0.909 bits per heavy atom. The Morgan fingerprint density at radius 3 is 2.48 bits per heavy atom. The number of nitro groups is 2. The van der Waals surface area contributed by atoms with Crippen LogP contribution < -0.4 is 15.6 Å². The minimum absolute atomic E-state index is 0.227. The number of rotatable bonds is 7. The van der Waals surface area contributed by atoms with E-state index in [9.17, 15) is 25.0 Å². The molecule has 4 rings (SSSR count). The molecule has 13 nitrogen and oxygen atoms in total. The fourth-order valence-electron chi connectivity index (χ4n) is 2.96. The molecule has 0 bridgehead atoms. The van der Waals surface area contributed by atoms with Crippen molar-refractivity contribution in [1.29, 1.82) is 0 Å². The quantitative estimate of drug-likeness (QED) is 0.315. The van der Waals surface area contributed by atoms with E-state index in [1.807, 2.05) is 0 Å². The molecule has 0 atom stereocenters. The molecule has 4 aromatic rings. The Kier molecular flexibility index (Phi) is 5.67. The Hall–Kier alpha value is -5.20. The van der Waals surface area contributed by atoms with E-state index in [-0.39, 0.29) is 17.1 Å². The van der Waals surface area contributed by atoms with Crippen LogP contribution in [0.3, 0.4) is 0 Å². The zero-order valence-electron chi connectivity index (χ0n) is 16.5. The van der Waals surface area contributed by atoms with Gasteiger partial charge in [-0.1, -0.05) is 30.3 Å². The predicted octanol–water partition coefficient (Wildman–Crippen LogP) is 3.39. The topological polar surface area (TPSA) is 175 Å². The number of aromatic nitrogens is 3. The second-order valence-corrected chi connectivity index (χ2v) is 6.42. The molecule has 0 aliphatic rings. The van der Waals surface area contributed by atoms with Crippen molar-refractivity contribution in [3.63, 3.8) is 0 Å². The summed E-state index contributed by atoms with van der Waals surface area (Å²) in [6, 6.07) is 13.9. The van der Waals surface area contributed by atoms with Gasteiger partial charge in [-0.05, 0) is 18.2 Å². The van der Waals surface area contributed by atoms with Crippen LogP contribution in [0, 0.1) is 20.2 Å². The summed E-state index contributed by atoms with van der Waals surface area (Å²) >= 11 is 0. The zero-order valence-corrected chi connectivity index (χ0v) is 16.5. The summed E-state index contributed by atoms with van der Waals surface area (Å²) in [5.41, 5.74) is 3.61. The van der Waals surface area contributed by atoms with Crippen LogP contribution in [0.5, 0.6) is 11.6 Å². The Labute approximate surface area is 184 Å². The highest BCUT2D eigenvalue weighted by atomic mass is 16.6. The first-order valence-corrected chi connectivity index (χ1v) is 9.26. The lowest BCUT2D eigenvalue weighted by Gasteiger charge is -2.11. The molecular formula is C20H13N7O6. The molecule has 164 valence electrons. The molecule has 1 amide bonds. The van der Waals surface area contributed by atoms with Crippen LogP contribution in [0.1, 0.15) is 10.4 Å². The second kappa shape index (κ2) is 8.89. The third-order valence-corrected chi connectivity index (χ3v) is 4.41. The first-order chi connectivity index (χ1) is 16.0. The molecule has 0 fully saturated rings. The summed E-state index contributed by atoms with van der Waals surface area (Å²) in [5, 5.41) is 23.6. The van der Waals surface area contributed by atoms with Gasteiger partial charge in [-0.2, -0.15) is 4.98 Å². The third kappa shape index (κ3) is 4.32. The van der Waals surface area contributed by atoms with Crippen LogP contribution in [0.15, 0.2) is 67.1 Å². The summed E-state index contributed by atoms with van der Waals surface area (Å²) < 4.78 is 5.67. The molecule has 0 aliphatic heterocycles. The highest BCUT2D eigenvalue weighted by Gasteiger charge is 2.27. The van der Waals surface area contributed by atoms with Crippen LogP contribution in [0.2, 0.25) is 0 Å². The van der Waals surface area contributed by atoms with Gasteiger partial charge in [0.1, 0.15) is 17.4 Å². The maximum Gasteiger partial charge on any atom is 0.374 e. The number of amides is 1. The molecule has 2 N–H and O–H groups in total. The molecule has 0 saturated carbocycles. The number of benzene rings is 2. The zero-order chi connectivity index (χ0) is 23.4. The van der Waals surface area contributed by atoms with Gasteiger partial charge in [-0.3, -0.25) is 40.9 Å². The largest absolute Gasteiger partial charge is 0.431 e. The smallest absolute Gasteiger partial charge is 0.374 e. The SMILES string of the molecule is O=C(NNc1ncnc(Oc2cccc3cccnc23)c1[N+](=O)[O-])c1ccccc1[N+](=O)[O-]. The molecule has 0 radical (unpaired) electrons. The van der Waals surface area contributed by atoms with E-state index in [2.05, 4.69) is 25.8 Å². The number of pyridine rings is 1. The summed E-state index contributed by atoms with van der Waals surface area (Å²) in [6.07, 6.45) is 2.55. The van der Waals surface area contributed by atoms with Crippen molar-refractivity contribution in [1.82, 2.24) is 20.4 Å². The molecule has 2 aromatic carbocycles. The average molecular weight is 447 g/mol. The van der Waals surface area contributed by atoms with E-state index in [0.29, 0.717) is 5.52 Å². The van der Waals surface area contributed by atoms with E-state index in [1.54, 1.807) is 36.5 Å². The van der Waals surface area contributed by atoms with Crippen molar-refractivity contribution >= 4 is 34.0 Å². The lowest BCUT2D eigenvalue weighted by Crippen LogP contribution is -2.30. The molecular weight excluding hydrogens is 434 g/mol. The van der Waals surface area contributed by atoms with Gasteiger partial charge in [0.15, 0.2) is 5.75 Å².